The molecule has 0 unspecified atom stereocenters. The second kappa shape index (κ2) is 5.59. The lowest BCUT2D eigenvalue weighted by Gasteiger charge is -2.51. The highest BCUT2D eigenvalue weighted by atomic mass is 16.6. The van der Waals surface area contributed by atoms with E-state index in [-0.39, 0.29) is 6.10 Å². The topological polar surface area (TPSA) is 29.5 Å². The van der Waals surface area contributed by atoms with Crippen molar-refractivity contribution in [2.45, 2.75) is 38.1 Å². The molecule has 3 nitrogen and oxygen atoms in total. The van der Waals surface area contributed by atoms with Crippen LogP contribution in [-0.2, 0) is 10.5 Å². The van der Waals surface area contributed by atoms with Gasteiger partial charge in [0, 0.05) is 5.56 Å². The Kier molecular flexibility index (Phi) is 3.67. The first kappa shape index (κ1) is 15.1. The standard InChI is InChI=1S/C20H26NO2/c1-16-14-21(11-5-2-6-12-21)15-20(22,23-16)19-10-9-17-7-3-4-8-18(17)13-19/h3-4,7-10,13,16,22H,2,5-6,11-12,14-15H2,1H3/q+1/t16-,20-/m0/s1. The summed E-state index contributed by atoms with van der Waals surface area (Å²) in [6.45, 7) is 6.14. The average molecular weight is 312 g/mol. The number of fused-ring (bicyclic) bond motifs is 1. The fraction of sp³-hybridized carbons (Fsp3) is 0.500. The third-order valence-corrected chi connectivity index (χ3v) is 5.56. The van der Waals surface area contributed by atoms with Gasteiger partial charge in [0.1, 0.15) is 19.2 Å². The van der Waals surface area contributed by atoms with Gasteiger partial charge in [0.15, 0.2) is 0 Å². The molecule has 0 saturated carbocycles. The van der Waals surface area contributed by atoms with Crippen LogP contribution in [0.1, 0.15) is 31.7 Å². The third kappa shape index (κ3) is 2.78. The Balaban J connectivity index is 1.71. The predicted octanol–water partition coefficient (Wildman–Crippen LogP) is 3.40. The molecule has 2 atom stereocenters. The van der Waals surface area contributed by atoms with E-state index in [1.54, 1.807) is 0 Å². The summed E-state index contributed by atoms with van der Waals surface area (Å²) in [5.41, 5.74) is 0.894. The zero-order valence-electron chi connectivity index (χ0n) is 13.9. The maximum atomic E-state index is 11.4. The van der Waals surface area contributed by atoms with Crippen LogP contribution >= 0.6 is 0 Å². The van der Waals surface area contributed by atoms with Crippen LogP contribution in [0.5, 0.6) is 0 Å². The largest absolute Gasteiger partial charge is 0.357 e. The van der Waals surface area contributed by atoms with Crippen molar-refractivity contribution in [3.8, 4) is 0 Å². The molecule has 2 aromatic rings. The molecule has 23 heavy (non-hydrogen) atoms. The second-order valence-corrected chi connectivity index (χ2v) is 7.46. The molecule has 3 heteroatoms. The molecule has 0 bridgehead atoms. The minimum atomic E-state index is -1.17. The first-order valence-corrected chi connectivity index (χ1v) is 8.83. The van der Waals surface area contributed by atoms with Gasteiger partial charge in [-0.2, -0.15) is 0 Å². The molecule has 2 fully saturated rings. The zero-order valence-corrected chi connectivity index (χ0v) is 13.9. The normalized spacial score (nSPS) is 30.6. The minimum Gasteiger partial charge on any atom is -0.357 e. The summed E-state index contributed by atoms with van der Waals surface area (Å²) in [7, 11) is 0. The van der Waals surface area contributed by atoms with E-state index in [4.69, 9.17) is 4.74 Å². The first-order valence-electron chi connectivity index (χ1n) is 8.83. The van der Waals surface area contributed by atoms with Crippen molar-refractivity contribution in [3.05, 3.63) is 48.0 Å². The monoisotopic (exact) mass is 312 g/mol. The Hall–Kier alpha value is -1.42. The number of morpholine rings is 1. The van der Waals surface area contributed by atoms with Gasteiger partial charge in [0.2, 0.25) is 5.79 Å². The highest BCUT2D eigenvalue weighted by Gasteiger charge is 2.49. The van der Waals surface area contributed by atoms with Gasteiger partial charge in [-0.05, 0) is 43.0 Å². The van der Waals surface area contributed by atoms with E-state index in [1.165, 1.54) is 37.7 Å². The Labute approximate surface area is 138 Å². The van der Waals surface area contributed by atoms with Crippen molar-refractivity contribution in [1.29, 1.82) is 0 Å². The van der Waals surface area contributed by atoms with E-state index >= 15 is 0 Å². The number of aliphatic hydroxyl groups is 1. The Bertz CT molecular complexity index is 708. The van der Waals surface area contributed by atoms with Gasteiger partial charge in [-0.25, -0.2) is 0 Å². The molecule has 2 saturated heterocycles. The summed E-state index contributed by atoms with van der Waals surface area (Å²) in [4.78, 5) is 0. The maximum absolute atomic E-state index is 11.4. The number of nitrogens with zero attached hydrogens (tertiary/aromatic N) is 1. The van der Waals surface area contributed by atoms with Gasteiger partial charge in [0.25, 0.3) is 0 Å². The summed E-state index contributed by atoms with van der Waals surface area (Å²) in [6.07, 6.45) is 3.93. The number of hydrogen-bond donors (Lipinski definition) is 1. The summed E-state index contributed by atoms with van der Waals surface area (Å²) in [5, 5.41) is 13.7. The molecular weight excluding hydrogens is 286 g/mol. The molecule has 0 aliphatic carbocycles. The second-order valence-electron chi connectivity index (χ2n) is 7.46. The van der Waals surface area contributed by atoms with Gasteiger partial charge < -0.3 is 14.3 Å². The number of quaternary nitrogens is 1. The molecule has 122 valence electrons. The first-order chi connectivity index (χ1) is 11.1. The lowest BCUT2D eigenvalue weighted by Crippen LogP contribution is -2.65. The fourth-order valence-corrected chi connectivity index (χ4v) is 4.59. The number of ether oxygens (including phenoxy) is 1. The molecule has 1 spiro atoms. The van der Waals surface area contributed by atoms with E-state index in [0.717, 1.165) is 22.0 Å². The van der Waals surface area contributed by atoms with Crippen LogP contribution in [0.4, 0.5) is 0 Å². The van der Waals surface area contributed by atoms with Crippen LogP contribution in [0.15, 0.2) is 42.5 Å². The quantitative estimate of drug-likeness (QED) is 0.818. The Morgan fingerprint density at radius 2 is 1.78 bits per heavy atom. The van der Waals surface area contributed by atoms with E-state index in [1.807, 2.05) is 18.2 Å². The SMILES string of the molecule is C[C@H]1C[N+]2(CCCCC2)C[C@@](O)(c2ccc3ccccc3c2)O1. The van der Waals surface area contributed by atoms with Crippen molar-refractivity contribution in [2.24, 2.45) is 0 Å². The number of piperidine rings is 1. The van der Waals surface area contributed by atoms with Crippen LogP contribution in [0.2, 0.25) is 0 Å². The van der Waals surface area contributed by atoms with Gasteiger partial charge in [0.05, 0.1) is 13.1 Å². The van der Waals surface area contributed by atoms with Crippen molar-refractivity contribution in [1.82, 2.24) is 0 Å². The van der Waals surface area contributed by atoms with E-state index in [0.29, 0.717) is 6.54 Å². The summed E-state index contributed by atoms with van der Waals surface area (Å²) < 4.78 is 7.08. The lowest BCUT2D eigenvalue weighted by molar-refractivity contribution is -0.955. The Morgan fingerprint density at radius 3 is 2.57 bits per heavy atom. The van der Waals surface area contributed by atoms with E-state index in [2.05, 4.69) is 31.2 Å². The van der Waals surface area contributed by atoms with Crippen molar-refractivity contribution >= 4 is 10.8 Å². The van der Waals surface area contributed by atoms with Crippen LogP contribution in [0.3, 0.4) is 0 Å². The van der Waals surface area contributed by atoms with Crippen molar-refractivity contribution in [3.63, 3.8) is 0 Å². The van der Waals surface area contributed by atoms with Gasteiger partial charge in [-0.15, -0.1) is 0 Å². The van der Waals surface area contributed by atoms with Crippen LogP contribution in [-0.4, -0.2) is 41.9 Å². The predicted molar refractivity (Wildman–Crippen MR) is 92.0 cm³/mol. The Morgan fingerprint density at radius 1 is 1.04 bits per heavy atom. The molecule has 0 amide bonds. The molecule has 2 aliphatic rings. The molecule has 4 rings (SSSR count). The highest BCUT2D eigenvalue weighted by molar-refractivity contribution is 5.83. The van der Waals surface area contributed by atoms with E-state index < -0.39 is 5.79 Å². The summed E-state index contributed by atoms with van der Waals surface area (Å²) in [6, 6.07) is 14.5. The molecule has 2 heterocycles. The average Bonchev–Trinajstić information content (AvgIpc) is 2.54. The summed E-state index contributed by atoms with van der Waals surface area (Å²) >= 11 is 0. The highest BCUT2D eigenvalue weighted by Crippen LogP contribution is 2.36. The smallest absolute Gasteiger partial charge is 0.244 e. The third-order valence-electron chi connectivity index (χ3n) is 5.56. The van der Waals surface area contributed by atoms with Crippen LogP contribution in [0.25, 0.3) is 10.8 Å². The van der Waals surface area contributed by atoms with Crippen LogP contribution < -0.4 is 0 Å². The van der Waals surface area contributed by atoms with Crippen molar-refractivity contribution < 1.29 is 14.3 Å². The number of benzene rings is 2. The number of rotatable bonds is 1. The molecule has 0 radical (unpaired) electrons. The summed E-state index contributed by atoms with van der Waals surface area (Å²) in [5.74, 6) is -1.17. The minimum absolute atomic E-state index is 0.0818. The van der Waals surface area contributed by atoms with Crippen molar-refractivity contribution in [2.75, 3.05) is 26.2 Å². The molecule has 1 N–H and O–H groups in total. The maximum Gasteiger partial charge on any atom is 0.244 e. The molecular formula is C20H26NO2+. The van der Waals surface area contributed by atoms with E-state index in [9.17, 15) is 5.11 Å². The zero-order chi connectivity index (χ0) is 15.9. The van der Waals surface area contributed by atoms with Crippen LogP contribution in [0, 0.1) is 0 Å². The molecule has 2 aliphatic heterocycles. The molecule has 2 aromatic carbocycles. The van der Waals surface area contributed by atoms with Gasteiger partial charge in [-0.1, -0.05) is 36.4 Å². The lowest BCUT2D eigenvalue weighted by atomic mass is 9.95. The van der Waals surface area contributed by atoms with Gasteiger partial charge in [-0.3, -0.25) is 0 Å². The molecule has 0 aromatic heterocycles. The number of hydrogen-bond acceptors (Lipinski definition) is 2. The van der Waals surface area contributed by atoms with Gasteiger partial charge >= 0.3 is 0 Å². The fourth-order valence-electron chi connectivity index (χ4n) is 4.59.